The summed E-state index contributed by atoms with van der Waals surface area (Å²) in [6.45, 7) is 3.60. The number of rotatable bonds is 6. The molecule has 1 amide bonds. The normalized spacial score (nSPS) is 15.4. The molecule has 26 heavy (non-hydrogen) atoms. The predicted molar refractivity (Wildman–Crippen MR) is 105 cm³/mol. The van der Waals surface area contributed by atoms with Crippen LogP contribution in [0.25, 0.3) is 0 Å². The molecule has 7 heteroatoms. The van der Waals surface area contributed by atoms with Crippen LogP contribution in [0, 0.1) is 11.8 Å². The van der Waals surface area contributed by atoms with E-state index >= 15 is 0 Å². The molecule has 0 radical (unpaired) electrons. The average molecular weight is 395 g/mol. The van der Waals surface area contributed by atoms with Crippen LogP contribution in [0.15, 0.2) is 59.5 Å². The maximum atomic E-state index is 12.6. The molecule has 1 fully saturated rings. The number of carbonyl (C=O) groups excluding carboxylic acids is 1. The van der Waals surface area contributed by atoms with E-state index < -0.39 is 9.84 Å². The van der Waals surface area contributed by atoms with Crippen molar-refractivity contribution in [2.75, 3.05) is 18.4 Å². The van der Waals surface area contributed by atoms with E-state index in [1.54, 1.807) is 54.6 Å². The molecular formula is C19H23ClN2O3S. The monoisotopic (exact) mass is 394 g/mol. The van der Waals surface area contributed by atoms with E-state index in [-0.39, 0.29) is 34.9 Å². The SMILES string of the molecule is CC(C(=O)Nc1ccccc1CS(=O)(=O)c1ccccc1)C1CNC1.Cl. The summed E-state index contributed by atoms with van der Waals surface area (Å²) in [5.74, 6) is 0.00336. The van der Waals surface area contributed by atoms with E-state index in [9.17, 15) is 13.2 Å². The predicted octanol–water partition coefficient (Wildman–Crippen LogP) is 2.88. The van der Waals surface area contributed by atoms with Gasteiger partial charge in [0.05, 0.1) is 10.6 Å². The van der Waals surface area contributed by atoms with Crippen LogP contribution in [0.5, 0.6) is 0 Å². The Morgan fingerprint density at radius 3 is 2.35 bits per heavy atom. The summed E-state index contributed by atoms with van der Waals surface area (Å²) in [6.07, 6.45) is 0. The summed E-state index contributed by atoms with van der Waals surface area (Å²) in [4.78, 5) is 12.7. The Labute approximate surface area is 160 Å². The molecule has 0 bridgehead atoms. The highest BCUT2D eigenvalue weighted by atomic mass is 35.5. The van der Waals surface area contributed by atoms with Crippen LogP contribution < -0.4 is 10.6 Å². The first-order valence-electron chi connectivity index (χ1n) is 8.34. The molecule has 0 spiro atoms. The maximum absolute atomic E-state index is 12.6. The molecule has 1 aliphatic heterocycles. The fourth-order valence-electron chi connectivity index (χ4n) is 2.81. The Morgan fingerprint density at radius 2 is 1.73 bits per heavy atom. The highest BCUT2D eigenvalue weighted by Crippen LogP contribution is 2.24. The van der Waals surface area contributed by atoms with E-state index in [1.165, 1.54) is 0 Å². The third kappa shape index (κ3) is 4.63. The largest absolute Gasteiger partial charge is 0.326 e. The van der Waals surface area contributed by atoms with Crippen molar-refractivity contribution in [3.05, 3.63) is 60.2 Å². The summed E-state index contributed by atoms with van der Waals surface area (Å²) in [7, 11) is -3.46. The van der Waals surface area contributed by atoms with E-state index in [0.29, 0.717) is 17.2 Å². The van der Waals surface area contributed by atoms with Gasteiger partial charge in [-0.25, -0.2) is 8.42 Å². The highest BCUT2D eigenvalue weighted by molar-refractivity contribution is 7.90. The van der Waals surface area contributed by atoms with E-state index in [0.717, 1.165) is 13.1 Å². The summed E-state index contributed by atoms with van der Waals surface area (Å²) in [5.41, 5.74) is 1.16. The second-order valence-electron chi connectivity index (χ2n) is 6.43. The number of halogens is 1. The van der Waals surface area contributed by atoms with Gasteiger partial charge in [0.2, 0.25) is 5.91 Å². The van der Waals surface area contributed by atoms with Gasteiger partial charge in [-0.05, 0) is 42.8 Å². The fourth-order valence-corrected chi connectivity index (χ4v) is 4.21. The minimum absolute atomic E-state index is 0. The molecule has 1 heterocycles. The lowest BCUT2D eigenvalue weighted by molar-refractivity contribution is -0.121. The van der Waals surface area contributed by atoms with E-state index in [2.05, 4.69) is 10.6 Å². The number of sulfone groups is 1. The Bertz CT molecular complexity index is 852. The van der Waals surface area contributed by atoms with Gasteiger partial charge >= 0.3 is 0 Å². The van der Waals surface area contributed by atoms with Gasteiger partial charge in [-0.1, -0.05) is 43.3 Å². The molecule has 1 atom stereocenters. The number of carbonyl (C=O) groups is 1. The number of nitrogens with one attached hydrogen (secondary N) is 2. The molecule has 0 aliphatic carbocycles. The van der Waals surface area contributed by atoms with Crippen molar-refractivity contribution in [3.63, 3.8) is 0 Å². The number of hydrogen-bond acceptors (Lipinski definition) is 4. The van der Waals surface area contributed by atoms with Crippen LogP contribution in [0.4, 0.5) is 5.69 Å². The van der Waals surface area contributed by atoms with Gasteiger partial charge in [0.15, 0.2) is 9.84 Å². The third-order valence-corrected chi connectivity index (χ3v) is 6.34. The van der Waals surface area contributed by atoms with Crippen molar-refractivity contribution in [1.82, 2.24) is 5.32 Å². The lowest BCUT2D eigenvalue weighted by Crippen LogP contribution is -2.48. The molecule has 0 aromatic heterocycles. The number of amides is 1. The zero-order valence-corrected chi connectivity index (χ0v) is 16.1. The van der Waals surface area contributed by atoms with Gasteiger partial charge in [-0.3, -0.25) is 4.79 Å². The van der Waals surface area contributed by atoms with Crippen molar-refractivity contribution < 1.29 is 13.2 Å². The fraction of sp³-hybridized carbons (Fsp3) is 0.316. The van der Waals surface area contributed by atoms with Crippen LogP contribution in [-0.4, -0.2) is 27.4 Å². The highest BCUT2D eigenvalue weighted by Gasteiger charge is 2.29. The van der Waals surface area contributed by atoms with Crippen molar-refractivity contribution in [1.29, 1.82) is 0 Å². The lowest BCUT2D eigenvalue weighted by Gasteiger charge is -2.31. The first kappa shape index (κ1) is 20.4. The van der Waals surface area contributed by atoms with Gasteiger partial charge in [0, 0.05) is 11.6 Å². The molecule has 2 aromatic rings. The van der Waals surface area contributed by atoms with Crippen molar-refractivity contribution >= 4 is 33.8 Å². The van der Waals surface area contributed by atoms with Crippen molar-refractivity contribution in [2.45, 2.75) is 17.6 Å². The number of benzene rings is 2. The number of anilines is 1. The smallest absolute Gasteiger partial charge is 0.227 e. The Morgan fingerprint density at radius 1 is 1.12 bits per heavy atom. The van der Waals surface area contributed by atoms with E-state index in [1.807, 2.05) is 6.92 Å². The molecule has 1 saturated heterocycles. The second kappa shape index (κ2) is 8.66. The average Bonchev–Trinajstić information content (AvgIpc) is 2.55. The van der Waals surface area contributed by atoms with Crippen LogP contribution in [0.3, 0.4) is 0 Å². The molecule has 0 saturated carbocycles. The summed E-state index contributed by atoms with van der Waals surface area (Å²) in [5, 5.41) is 6.06. The van der Waals surface area contributed by atoms with Crippen molar-refractivity contribution in [2.24, 2.45) is 11.8 Å². The topological polar surface area (TPSA) is 75.3 Å². The van der Waals surface area contributed by atoms with Crippen LogP contribution >= 0.6 is 12.4 Å². The Kier molecular flexibility index (Phi) is 6.81. The minimum Gasteiger partial charge on any atom is -0.326 e. The van der Waals surface area contributed by atoms with Crippen molar-refractivity contribution in [3.8, 4) is 0 Å². The molecule has 3 rings (SSSR count). The molecule has 1 aliphatic rings. The quantitative estimate of drug-likeness (QED) is 0.789. The van der Waals surface area contributed by atoms with Crippen LogP contribution in [0.2, 0.25) is 0 Å². The molecule has 2 N–H and O–H groups in total. The Hall–Kier alpha value is -1.89. The Balaban J connectivity index is 0.00000243. The molecule has 2 aromatic carbocycles. The van der Waals surface area contributed by atoms with Gasteiger partial charge < -0.3 is 10.6 Å². The van der Waals surface area contributed by atoms with E-state index in [4.69, 9.17) is 0 Å². The molecule has 5 nitrogen and oxygen atoms in total. The minimum atomic E-state index is -3.46. The maximum Gasteiger partial charge on any atom is 0.227 e. The second-order valence-corrected chi connectivity index (χ2v) is 8.42. The summed E-state index contributed by atoms with van der Waals surface area (Å²) >= 11 is 0. The first-order chi connectivity index (χ1) is 12.0. The first-order valence-corrected chi connectivity index (χ1v) is 10.00. The number of para-hydroxylation sites is 1. The van der Waals surface area contributed by atoms with Gasteiger partial charge in [0.1, 0.15) is 0 Å². The third-order valence-electron chi connectivity index (χ3n) is 4.66. The van der Waals surface area contributed by atoms with Crippen LogP contribution in [0.1, 0.15) is 12.5 Å². The summed E-state index contributed by atoms with van der Waals surface area (Å²) in [6, 6.07) is 15.4. The molecular weight excluding hydrogens is 372 g/mol. The zero-order valence-electron chi connectivity index (χ0n) is 14.5. The zero-order chi connectivity index (χ0) is 17.9. The van der Waals surface area contributed by atoms with Gasteiger partial charge in [-0.2, -0.15) is 0 Å². The molecule has 140 valence electrons. The van der Waals surface area contributed by atoms with Crippen LogP contribution in [-0.2, 0) is 20.4 Å². The van der Waals surface area contributed by atoms with Gasteiger partial charge in [-0.15, -0.1) is 12.4 Å². The standard InChI is InChI=1S/C19H22N2O3S.ClH/c1-14(16-11-20-12-16)19(22)21-18-10-6-5-7-15(18)13-25(23,24)17-8-3-2-4-9-17;/h2-10,14,16,20H,11-13H2,1H3,(H,21,22);1H. The van der Waals surface area contributed by atoms with Gasteiger partial charge in [0.25, 0.3) is 0 Å². The summed E-state index contributed by atoms with van der Waals surface area (Å²) < 4.78 is 25.2. The molecule has 1 unspecified atom stereocenters. The lowest BCUT2D eigenvalue weighted by atomic mass is 9.88. The number of hydrogen-bond donors (Lipinski definition) is 2.